The van der Waals surface area contributed by atoms with Crippen molar-refractivity contribution in [2.75, 3.05) is 23.9 Å². The Hall–Kier alpha value is -2.48. The van der Waals surface area contributed by atoms with Gasteiger partial charge in [0, 0.05) is 25.7 Å². The van der Waals surface area contributed by atoms with Gasteiger partial charge >= 0.3 is 0 Å². The highest BCUT2D eigenvalue weighted by Gasteiger charge is 2.33. The van der Waals surface area contributed by atoms with Crippen LogP contribution in [0.2, 0.25) is 0 Å². The smallest absolute Gasteiger partial charge is 0.272 e. The fraction of sp³-hybridized carbons (Fsp3) is 0.389. The predicted molar refractivity (Wildman–Crippen MR) is 99.7 cm³/mol. The van der Waals surface area contributed by atoms with Crippen molar-refractivity contribution in [2.45, 2.75) is 25.9 Å². The van der Waals surface area contributed by atoms with Gasteiger partial charge in [0.25, 0.3) is 5.91 Å². The number of aryl methyl sites for hydroxylation is 1. The number of anilines is 1. The lowest BCUT2D eigenvalue weighted by Gasteiger charge is -2.23. The van der Waals surface area contributed by atoms with Crippen molar-refractivity contribution < 1.29 is 13.2 Å². The van der Waals surface area contributed by atoms with E-state index >= 15 is 0 Å². The van der Waals surface area contributed by atoms with Crippen LogP contribution < -0.4 is 5.32 Å². The maximum Gasteiger partial charge on any atom is 0.272 e. The van der Waals surface area contributed by atoms with Crippen molar-refractivity contribution in [3.8, 4) is 0 Å². The van der Waals surface area contributed by atoms with E-state index in [4.69, 9.17) is 0 Å². The maximum absolute atomic E-state index is 12.7. The summed E-state index contributed by atoms with van der Waals surface area (Å²) >= 11 is 0. The number of benzene rings is 1. The fourth-order valence-corrected chi connectivity index (χ4v) is 4.76. The topological polar surface area (TPSA) is 92.3 Å². The van der Waals surface area contributed by atoms with Gasteiger partial charge in [0.1, 0.15) is 17.3 Å². The summed E-state index contributed by atoms with van der Waals surface area (Å²) in [6.07, 6.45) is 0.466. The molecule has 1 amide bonds. The van der Waals surface area contributed by atoms with E-state index in [0.717, 1.165) is 5.56 Å². The Kier molecular flexibility index (Phi) is 5.22. The summed E-state index contributed by atoms with van der Waals surface area (Å²) in [4.78, 5) is 22.8. The molecule has 1 atom stereocenters. The molecule has 1 aromatic carbocycles. The summed E-state index contributed by atoms with van der Waals surface area (Å²) in [7, 11) is -1.42. The van der Waals surface area contributed by atoms with Crippen LogP contribution in [0.1, 0.15) is 28.3 Å². The minimum Gasteiger partial charge on any atom is -0.366 e. The normalized spacial score (nSPS) is 18.5. The van der Waals surface area contributed by atoms with Gasteiger partial charge < -0.3 is 10.2 Å². The molecule has 1 saturated heterocycles. The molecule has 138 valence electrons. The molecular weight excluding hydrogens is 352 g/mol. The molecule has 7 nitrogen and oxygen atoms in total. The number of nitrogens with zero attached hydrogens (tertiary/aromatic N) is 3. The molecule has 0 radical (unpaired) electrons. The van der Waals surface area contributed by atoms with E-state index in [1.54, 1.807) is 20.0 Å². The minimum absolute atomic E-state index is 0.0123. The van der Waals surface area contributed by atoms with Crippen LogP contribution in [-0.2, 0) is 16.4 Å². The molecule has 3 rings (SSSR count). The summed E-state index contributed by atoms with van der Waals surface area (Å²) < 4.78 is 23.3. The van der Waals surface area contributed by atoms with Crippen LogP contribution in [0.3, 0.4) is 0 Å². The van der Waals surface area contributed by atoms with Gasteiger partial charge in [0.15, 0.2) is 9.84 Å². The van der Waals surface area contributed by atoms with Gasteiger partial charge in [-0.25, -0.2) is 18.4 Å². The molecule has 0 spiro atoms. The molecule has 1 N–H and O–H groups in total. The highest BCUT2D eigenvalue weighted by molar-refractivity contribution is 7.91. The first-order valence-corrected chi connectivity index (χ1v) is 10.3. The van der Waals surface area contributed by atoms with E-state index < -0.39 is 9.84 Å². The second-order valence-corrected chi connectivity index (χ2v) is 8.73. The highest BCUT2D eigenvalue weighted by Crippen LogP contribution is 2.19. The summed E-state index contributed by atoms with van der Waals surface area (Å²) in [5.74, 6) is 0.900. The van der Waals surface area contributed by atoms with E-state index in [-0.39, 0.29) is 29.1 Å². The van der Waals surface area contributed by atoms with Crippen molar-refractivity contribution in [3.63, 3.8) is 0 Å². The minimum atomic E-state index is -3.05. The van der Waals surface area contributed by atoms with Crippen LogP contribution in [0.25, 0.3) is 0 Å². The average molecular weight is 374 g/mol. The fourth-order valence-electron chi connectivity index (χ4n) is 2.98. The molecular formula is C18H22N4O3S. The lowest BCUT2D eigenvalue weighted by atomic mass is 10.2. The molecule has 1 fully saturated rings. The third-order valence-corrected chi connectivity index (χ3v) is 6.20. The van der Waals surface area contributed by atoms with Crippen LogP contribution in [0, 0.1) is 6.92 Å². The van der Waals surface area contributed by atoms with Crippen molar-refractivity contribution in [1.82, 2.24) is 14.9 Å². The summed E-state index contributed by atoms with van der Waals surface area (Å²) in [6.45, 7) is 2.31. The van der Waals surface area contributed by atoms with Gasteiger partial charge in [0.05, 0.1) is 11.5 Å². The van der Waals surface area contributed by atoms with Crippen molar-refractivity contribution >= 4 is 21.6 Å². The predicted octanol–water partition coefficient (Wildman–Crippen LogP) is 1.66. The van der Waals surface area contributed by atoms with Crippen LogP contribution in [0.4, 0.5) is 5.82 Å². The third-order valence-electron chi connectivity index (χ3n) is 4.45. The number of carbonyl (C=O) groups is 1. The number of hydrogen-bond acceptors (Lipinski definition) is 6. The van der Waals surface area contributed by atoms with Gasteiger partial charge in [-0.05, 0) is 18.9 Å². The standard InChI is InChI=1S/C18H22N4O3S/c1-13-20-16(18(23)22(2)15-8-9-26(24,25)12-15)10-17(21-13)19-11-14-6-4-3-5-7-14/h3-7,10,15H,8-9,11-12H2,1-2H3,(H,19,20,21). The Bertz CT molecular complexity index is 900. The van der Waals surface area contributed by atoms with E-state index in [0.29, 0.717) is 24.6 Å². The Labute approximate surface area is 153 Å². The number of amides is 1. The second-order valence-electron chi connectivity index (χ2n) is 6.50. The lowest BCUT2D eigenvalue weighted by molar-refractivity contribution is 0.0741. The molecule has 26 heavy (non-hydrogen) atoms. The molecule has 0 aliphatic carbocycles. The quantitative estimate of drug-likeness (QED) is 0.856. The largest absolute Gasteiger partial charge is 0.366 e. The van der Waals surface area contributed by atoms with E-state index in [9.17, 15) is 13.2 Å². The third kappa shape index (κ3) is 4.37. The zero-order chi connectivity index (χ0) is 18.7. The number of aromatic nitrogens is 2. The van der Waals surface area contributed by atoms with Gasteiger partial charge in [-0.3, -0.25) is 4.79 Å². The lowest BCUT2D eigenvalue weighted by Crippen LogP contribution is -2.38. The van der Waals surface area contributed by atoms with Crippen LogP contribution >= 0.6 is 0 Å². The molecule has 1 aromatic heterocycles. The number of hydrogen-bond donors (Lipinski definition) is 1. The number of sulfone groups is 1. The Morgan fingerprint density at radius 2 is 2.00 bits per heavy atom. The zero-order valence-electron chi connectivity index (χ0n) is 14.8. The summed E-state index contributed by atoms with van der Waals surface area (Å²) in [6, 6.07) is 11.2. The van der Waals surface area contributed by atoms with Gasteiger partial charge in [-0.15, -0.1) is 0 Å². The highest BCUT2D eigenvalue weighted by atomic mass is 32.2. The van der Waals surface area contributed by atoms with Gasteiger partial charge in [-0.2, -0.15) is 0 Å². The van der Waals surface area contributed by atoms with Crippen LogP contribution in [-0.4, -0.2) is 53.8 Å². The molecule has 1 aliphatic heterocycles. The Balaban J connectivity index is 1.73. The van der Waals surface area contributed by atoms with Crippen LogP contribution in [0.5, 0.6) is 0 Å². The molecule has 0 bridgehead atoms. The van der Waals surface area contributed by atoms with Gasteiger partial charge in [0.2, 0.25) is 0 Å². The molecule has 2 aromatic rings. The maximum atomic E-state index is 12.7. The van der Waals surface area contributed by atoms with E-state index in [1.165, 1.54) is 4.90 Å². The first-order valence-electron chi connectivity index (χ1n) is 8.45. The van der Waals surface area contributed by atoms with Crippen LogP contribution in [0.15, 0.2) is 36.4 Å². The molecule has 8 heteroatoms. The van der Waals surface area contributed by atoms with E-state index in [1.807, 2.05) is 30.3 Å². The molecule has 0 saturated carbocycles. The van der Waals surface area contributed by atoms with Gasteiger partial charge in [-0.1, -0.05) is 30.3 Å². The van der Waals surface area contributed by atoms with Crippen molar-refractivity contribution in [2.24, 2.45) is 0 Å². The van der Waals surface area contributed by atoms with E-state index in [2.05, 4.69) is 15.3 Å². The number of carbonyl (C=O) groups excluding carboxylic acids is 1. The first kappa shape index (κ1) is 18.3. The second kappa shape index (κ2) is 7.41. The Morgan fingerprint density at radius 1 is 1.27 bits per heavy atom. The first-order chi connectivity index (χ1) is 12.3. The average Bonchev–Trinajstić information content (AvgIpc) is 2.99. The Morgan fingerprint density at radius 3 is 2.65 bits per heavy atom. The number of nitrogens with one attached hydrogen (secondary N) is 1. The summed E-state index contributed by atoms with van der Waals surface area (Å²) in [5.41, 5.74) is 1.37. The summed E-state index contributed by atoms with van der Waals surface area (Å²) in [5, 5.41) is 3.20. The monoisotopic (exact) mass is 374 g/mol. The van der Waals surface area contributed by atoms with Crippen molar-refractivity contribution in [1.29, 1.82) is 0 Å². The molecule has 1 unspecified atom stereocenters. The SMILES string of the molecule is Cc1nc(NCc2ccccc2)cc(C(=O)N(C)C2CCS(=O)(=O)C2)n1. The zero-order valence-corrected chi connectivity index (χ0v) is 15.7. The number of rotatable bonds is 5. The molecule has 2 heterocycles. The molecule has 1 aliphatic rings. The van der Waals surface area contributed by atoms with Crippen molar-refractivity contribution in [3.05, 3.63) is 53.5 Å².